The fourth-order valence-corrected chi connectivity index (χ4v) is 10.9. The molecular formula is C56H30N4S. The molecule has 0 N–H and O–H groups in total. The third-order valence-electron chi connectivity index (χ3n) is 12.0. The molecule has 10 aromatic carbocycles. The van der Waals surface area contributed by atoms with Gasteiger partial charge < -0.3 is 9.13 Å². The Bertz CT molecular complexity index is 4540. The first-order valence-corrected chi connectivity index (χ1v) is 20.4. The van der Waals surface area contributed by atoms with Gasteiger partial charge in [0.25, 0.3) is 0 Å². The zero-order valence-corrected chi connectivity index (χ0v) is 32.6. The van der Waals surface area contributed by atoms with Crippen molar-refractivity contribution in [3.63, 3.8) is 0 Å². The minimum Gasteiger partial charge on any atom is -0.318 e. The maximum atomic E-state index is 11.9. The lowest BCUT2D eigenvalue weighted by Crippen LogP contribution is -2.08. The van der Waals surface area contributed by atoms with Gasteiger partial charge >= 0.3 is 0 Å². The van der Waals surface area contributed by atoms with Crippen LogP contribution in [0.1, 0.15) is 19.3 Å². The van der Waals surface area contributed by atoms with Crippen molar-refractivity contribution in [2.45, 2.75) is 0 Å². The number of rotatable bonds is 4. The van der Waals surface area contributed by atoms with Gasteiger partial charge in [0.05, 0.1) is 64.0 Å². The summed E-state index contributed by atoms with van der Waals surface area (Å²) in [6, 6.07) is 35.7. The van der Waals surface area contributed by atoms with Crippen LogP contribution < -0.4 is 0 Å². The van der Waals surface area contributed by atoms with E-state index in [1.165, 1.54) is 4.57 Å². The first-order valence-electron chi connectivity index (χ1n) is 24.6. The number of nitriles is 1. The average Bonchev–Trinajstić information content (AvgIpc) is 4.07. The van der Waals surface area contributed by atoms with E-state index in [9.17, 15) is 22.8 Å². The number of para-hydroxylation sites is 1. The van der Waals surface area contributed by atoms with Crippen molar-refractivity contribution in [3.8, 4) is 39.7 Å². The lowest BCUT2D eigenvalue weighted by atomic mass is 9.88. The Kier molecular flexibility index (Phi) is 5.24. The molecule has 0 atom stereocenters. The molecule has 0 fully saturated rings. The molecule has 5 heteroatoms. The predicted octanol–water partition coefficient (Wildman–Crippen LogP) is 15.7. The monoisotopic (exact) mass is 800 g/mol. The molecule has 3 aromatic heterocycles. The molecule has 0 saturated heterocycles. The van der Waals surface area contributed by atoms with Gasteiger partial charge in [-0.2, -0.15) is 5.26 Å². The summed E-state index contributed by atoms with van der Waals surface area (Å²) in [7, 11) is 0. The van der Waals surface area contributed by atoms with Crippen molar-refractivity contribution in [1.82, 2.24) is 9.13 Å². The van der Waals surface area contributed by atoms with Gasteiger partial charge in [0.2, 0.25) is 5.69 Å². The summed E-state index contributed by atoms with van der Waals surface area (Å²) in [5, 5.41) is 15.4. The Hall–Kier alpha value is -8.22. The van der Waals surface area contributed by atoms with Gasteiger partial charge in [-0.05, 0) is 56.9 Å². The SMILES string of the molecule is [2H]c1c([2H])c([2H])c2c(c1[2H])c1c([2H])c([2H])c([2H])c3c1c1c2c([2H])c([2H])c([2H])c1n3-c1c([N+]#[C-])c(-c2ccccc2)c(C#N)c(-n2c3ccccc3c3ccc4c5ccccc5sc4c32)c1-c1ccccc1. The number of fused-ring (bicyclic) bond motifs is 10. The van der Waals surface area contributed by atoms with Gasteiger partial charge in [0.1, 0.15) is 6.07 Å². The second-order valence-electron chi connectivity index (χ2n) is 14.9. The Morgan fingerprint density at radius 3 is 1.74 bits per heavy atom. The highest BCUT2D eigenvalue weighted by Gasteiger charge is 2.32. The van der Waals surface area contributed by atoms with Gasteiger partial charge in [0.15, 0.2) is 0 Å². The summed E-state index contributed by atoms with van der Waals surface area (Å²) in [6.45, 7) is 9.25. The summed E-state index contributed by atoms with van der Waals surface area (Å²) < 4.78 is 99.2. The van der Waals surface area contributed by atoms with E-state index in [-0.39, 0.29) is 65.9 Å². The van der Waals surface area contributed by atoms with Crippen LogP contribution in [0.3, 0.4) is 0 Å². The van der Waals surface area contributed by atoms with Crippen molar-refractivity contribution >= 4 is 102 Å². The van der Waals surface area contributed by atoms with Gasteiger partial charge in [-0.3, -0.25) is 0 Å². The van der Waals surface area contributed by atoms with Crippen molar-refractivity contribution < 1.29 is 13.7 Å². The lowest BCUT2D eigenvalue weighted by Gasteiger charge is -2.25. The molecular weight excluding hydrogens is 761 g/mol. The van der Waals surface area contributed by atoms with Crippen molar-refractivity contribution in [1.29, 1.82) is 5.26 Å². The third-order valence-corrected chi connectivity index (χ3v) is 13.2. The van der Waals surface area contributed by atoms with Crippen LogP contribution in [0.5, 0.6) is 0 Å². The van der Waals surface area contributed by atoms with Gasteiger partial charge in [-0.1, -0.05) is 158 Å². The summed E-state index contributed by atoms with van der Waals surface area (Å²) in [5.41, 5.74) is 3.55. The molecule has 13 aromatic rings. The van der Waals surface area contributed by atoms with Gasteiger partial charge in [0, 0.05) is 48.1 Å². The fraction of sp³-hybridized carbons (Fsp3) is 0. The molecule has 0 bridgehead atoms. The Morgan fingerprint density at radius 2 is 1.08 bits per heavy atom. The molecule has 0 unspecified atom stereocenters. The number of thiophene rings is 1. The molecule has 0 aliphatic heterocycles. The van der Waals surface area contributed by atoms with Gasteiger partial charge in [-0.15, -0.1) is 11.3 Å². The first kappa shape index (κ1) is 25.3. The Balaban J connectivity index is 1.39. The zero-order valence-electron chi connectivity index (χ0n) is 41.7. The average molecular weight is 801 g/mol. The van der Waals surface area contributed by atoms with Crippen LogP contribution in [0.4, 0.5) is 5.69 Å². The maximum absolute atomic E-state index is 11.9. The number of hydrogen-bond acceptors (Lipinski definition) is 2. The number of aromatic nitrogens is 2. The van der Waals surface area contributed by atoms with E-state index in [4.69, 9.17) is 2.74 Å². The molecule has 0 spiro atoms. The number of hydrogen-bond donors (Lipinski definition) is 0. The quantitative estimate of drug-likeness (QED) is 0.129. The minimum absolute atomic E-state index is 0.0622. The van der Waals surface area contributed by atoms with Crippen molar-refractivity contribution in [2.24, 2.45) is 0 Å². The fourth-order valence-electron chi connectivity index (χ4n) is 9.61. The second kappa shape index (κ2) is 12.6. The van der Waals surface area contributed by atoms with E-state index < -0.39 is 60.4 Å². The third kappa shape index (κ3) is 4.45. The normalized spacial score (nSPS) is 14.2. The molecule has 0 aliphatic rings. The van der Waals surface area contributed by atoms with Crippen molar-refractivity contribution in [2.75, 3.05) is 0 Å². The van der Waals surface area contributed by atoms with Crippen LogP contribution >= 0.6 is 11.3 Å². The molecule has 280 valence electrons. The van der Waals surface area contributed by atoms with E-state index in [0.717, 1.165) is 42.0 Å². The summed E-state index contributed by atoms with van der Waals surface area (Å²) in [6.07, 6.45) is 0. The molecule has 0 radical (unpaired) electrons. The molecule has 0 saturated carbocycles. The minimum atomic E-state index is -0.610. The van der Waals surface area contributed by atoms with Crippen molar-refractivity contribution in [3.05, 3.63) is 199 Å². The van der Waals surface area contributed by atoms with E-state index in [1.807, 2.05) is 72.8 Å². The van der Waals surface area contributed by atoms with E-state index in [2.05, 4.69) is 39.7 Å². The second-order valence-corrected chi connectivity index (χ2v) is 16.0. The Labute approximate surface area is 367 Å². The van der Waals surface area contributed by atoms with Crippen LogP contribution in [-0.4, -0.2) is 9.13 Å². The van der Waals surface area contributed by atoms with Crippen LogP contribution in [0.2, 0.25) is 0 Å². The summed E-state index contributed by atoms with van der Waals surface area (Å²) in [4.78, 5) is 4.30. The Morgan fingerprint density at radius 1 is 0.508 bits per heavy atom. The first-order chi connectivity index (χ1) is 34.4. The highest BCUT2D eigenvalue weighted by atomic mass is 32.1. The molecule has 61 heavy (non-hydrogen) atoms. The molecule has 4 nitrogen and oxygen atoms in total. The number of nitrogens with zero attached hydrogens (tertiary/aromatic N) is 4. The van der Waals surface area contributed by atoms with E-state index >= 15 is 0 Å². The highest BCUT2D eigenvalue weighted by molar-refractivity contribution is 7.26. The molecule has 0 aliphatic carbocycles. The standard InChI is InChI=1S/C56H30N4S/c1-58-52-48(33-16-4-2-5-17-33)43(32-57)53(60-44-26-12-10-22-37(44)41-30-31-42-38-23-11-13-29-47(38)61-56(42)54(41)60)49(34-18-6-3-7-19-34)55(52)59-45-27-14-24-39-35-20-8-9-21-36(35)40-25-15-28-46(59)51(40)50(39)45/h2-31H/i8D,9D,14D,15D,20D,21D,24D,25D,27D,28D. The van der Waals surface area contributed by atoms with Gasteiger partial charge in [-0.25, -0.2) is 4.85 Å². The van der Waals surface area contributed by atoms with Crippen LogP contribution in [0.15, 0.2) is 182 Å². The lowest BCUT2D eigenvalue weighted by molar-refractivity contribution is 1.14. The summed E-state index contributed by atoms with van der Waals surface area (Å²) in [5.74, 6) is 0. The molecule has 0 amide bonds. The smallest absolute Gasteiger partial charge is 0.220 e. The highest BCUT2D eigenvalue weighted by Crippen LogP contribution is 2.54. The molecule has 13 rings (SSSR count). The van der Waals surface area contributed by atoms with Crippen LogP contribution in [-0.2, 0) is 0 Å². The predicted molar refractivity (Wildman–Crippen MR) is 256 cm³/mol. The number of benzene rings is 10. The zero-order chi connectivity index (χ0) is 49.0. The van der Waals surface area contributed by atoms with Crippen LogP contribution in [0.25, 0.3) is 124 Å². The van der Waals surface area contributed by atoms with E-state index in [1.54, 1.807) is 35.6 Å². The topological polar surface area (TPSA) is 38.0 Å². The largest absolute Gasteiger partial charge is 0.318 e. The van der Waals surface area contributed by atoms with E-state index in [0.29, 0.717) is 22.4 Å². The molecule has 3 heterocycles. The maximum Gasteiger partial charge on any atom is 0.220 e. The summed E-state index contributed by atoms with van der Waals surface area (Å²) >= 11 is 1.62. The van der Waals surface area contributed by atoms with Crippen LogP contribution in [0, 0.1) is 17.9 Å².